The molecule has 1 atom stereocenters. The summed E-state index contributed by atoms with van der Waals surface area (Å²) in [5.41, 5.74) is 0.0398. The van der Waals surface area contributed by atoms with Crippen molar-refractivity contribution in [2.45, 2.75) is 13.8 Å². The lowest BCUT2D eigenvalue weighted by atomic mass is 9.83. The molecule has 14 heavy (non-hydrogen) atoms. The van der Waals surface area contributed by atoms with E-state index < -0.39 is 0 Å². The first-order valence-electron chi connectivity index (χ1n) is 5.04. The third kappa shape index (κ3) is 2.25. The normalized spacial score (nSPS) is 25.4. The van der Waals surface area contributed by atoms with Gasteiger partial charge >= 0.3 is 0 Å². The second-order valence-corrected chi connectivity index (χ2v) is 4.67. The zero-order valence-electron chi connectivity index (χ0n) is 9.21. The maximum atomic E-state index is 11.6. The molecule has 1 aliphatic rings. The number of aliphatic hydroxyl groups excluding tert-OH is 1. The van der Waals surface area contributed by atoms with E-state index in [1.54, 1.807) is 7.05 Å². The van der Waals surface area contributed by atoms with Crippen LogP contribution in [0.1, 0.15) is 13.8 Å². The number of likely N-dealkylation sites (N-methyl/N-ethyl adjacent to an activating group) is 1. The second-order valence-electron chi connectivity index (χ2n) is 4.67. The Morgan fingerprint density at radius 1 is 1.64 bits per heavy atom. The summed E-state index contributed by atoms with van der Waals surface area (Å²) in [6.45, 7) is 6.17. The van der Waals surface area contributed by atoms with Crippen molar-refractivity contribution in [1.29, 1.82) is 0 Å². The van der Waals surface area contributed by atoms with Crippen LogP contribution >= 0.6 is 0 Å². The maximum absolute atomic E-state index is 11.6. The van der Waals surface area contributed by atoms with Crippen molar-refractivity contribution in [2.75, 3.05) is 33.3 Å². The molecule has 0 bridgehead atoms. The fourth-order valence-corrected chi connectivity index (χ4v) is 1.96. The molecular weight excluding hydrogens is 180 g/mol. The maximum Gasteiger partial charge on any atom is 0.236 e. The third-order valence-corrected chi connectivity index (χ3v) is 3.05. The first kappa shape index (κ1) is 11.5. The quantitative estimate of drug-likeness (QED) is 0.656. The number of amides is 1. The number of hydrogen-bond acceptors (Lipinski definition) is 3. The van der Waals surface area contributed by atoms with Gasteiger partial charge in [0.15, 0.2) is 0 Å². The number of carbonyl (C=O) groups is 1. The van der Waals surface area contributed by atoms with E-state index in [1.165, 1.54) is 0 Å². The molecule has 4 heteroatoms. The molecule has 1 rings (SSSR count). The van der Waals surface area contributed by atoms with Crippen molar-refractivity contribution in [2.24, 2.45) is 11.3 Å². The van der Waals surface area contributed by atoms with Crippen molar-refractivity contribution in [1.82, 2.24) is 10.2 Å². The van der Waals surface area contributed by atoms with E-state index in [-0.39, 0.29) is 23.8 Å². The van der Waals surface area contributed by atoms with E-state index in [0.29, 0.717) is 13.1 Å². The Morgan fingerprint density at radius 2 is 2.29 bits per heavy atom. The van der Waals surface area contributed by atoms with Gasteiger partial charge in [-0.15, -0.1) is 0 Å². The minimum absolute atomic E-state index is 0.0398. The molecule has 0 radical (unpaired) electrons. The highest BCUT2D eigenvalue weighted by molar-refractivity contribution is 5.78. The van der Waals surface area contributed by atoms with Gasteiger partial charge in [0.05, 0.1) is 6.54 Å². The van der Waals surface area contributed by atoms with Crippen LogP contribution in [0.3, 0.4) is 0 Å². The summed E-state index contributed by atoms with van der Waals surface area (Å²) in [4.78, 5) is 13.4. The number of carbonyl (C=O) groups excluding carboxylic acids is 1. The van der Waals surface area contributed by atoms with E-state index in [2.05, 4.69) is 19.2 Å². The van der Waals surface area contributed by atoms with Crippen molar-refractivity contribution in [3.63, 3.8) is 0 Å². The van der Waals surface area contributed by atoms with Crippen LogP contribution in [0, 0.1) is 11.3 Å². The monoisotopic (exact) mass is 200 g/mol. The van der Waals surface area contributed by atoms with Crippen LogP contribution in [-0.2, 0) is 4.79 Å². The van der Waals surface area contributed by atoms with E-state index in [9.17, 15) is 9.90 Å². The van der Waals surface area contributed by atoms with Crippen LogP contribution in [0.2, 0.25) is 0 Å². The standard InChI is InChI=1S/C10H20N2O2/c1-10(2)7-12(5-8(10)6-13)9(14)4-11-3/h8,11,13H,4-7H2,1-3H3/t8-/m0/s1. The van der Waals surface area contributed by atoms with Crippen LogP contribution in [0.5, 0.6) is 0 Å². The van der Waals surface area contributed by atoms with Crippen LogP contribution in [0.15, 0.2) is 0 Å². The summed E-state index contributed by atoms with van der Waals surface area (Å²) in [6, 6.07) is 0. The molecule has 0 unspecified atom stereocenters. The Hall–Kier alpha value is -0.610. The Bertz CT molecular complexity index is 216. The summed E-state index contributed by atoms with van der Waals surface area (Å²) >= 11 is 0. The lowest BCUT2D eigenvalue weighted by Gasteiger charge is -2.23. The number of rotatable bonds is 3. The number of nitrogens with one attached hydrogen (secondary N) is 1. The topological polar surface area (TPSA) is 52.6 Å². The third-order valence-electron chi connectivity index (χ3n) is 3.05. The molecule has 2 N–H and O–H groups in total. The average molecular weight is 200 g/mol. The molecule has 1 saturated heterocycles. The van der Waals surface area contributed by atoms with E-state index in [4.69, 9.17) is 0 Å². The van der Waals surface area contributed by atoms with Gasteiger partial charge in [0.25, 0.3) is 0 Å². The zero-order valence-corrected chi connectivity index (χ0v) is 9.21. The summed E-state index contributed by atoms with van der Waals surface area (Å²) < 4.78 is 0. The van der Waals surface area contributed by atoms with Crippen molar-refractivity contribution in [3.05, 3.63) is 0 Å². The summed E-state index contributed by atoms with van der Waals surface area (Å²) in [6.07, 6.45) is 0. The van der Waals surface area contributed by atoms with E-state index in [0.717, 1.165) is 6.54 Å². The second kappa shape index (κ2) is 4.28. The molecule has 0 spiro atoms. The van der Waals surface area contributed by atoms with Gasteiger partial charge in [0.1, 0.15) is 0 Å². The number of hydrogen-bond donors (Lipinski definition) is 2. The van der Waals surface area contributed by atoms with Crippen molar-refractivity contribution in [3.8, 4) is 0 Å². The molecular formula is C10H20N2O2. The van der Waals surface area contributed by atoms with Gasteiger partial charge in [-0.1, -0.05) is 13.8 Å². The van der Waals surface area contributed by atoms with Crippen molar-refractivity contribution >= 4 is 5.91 Å². The molecule has 4 nitrogen and oxygen atoms in total. The summed E-state index contributed by atoms with van der Waals surface area (Å²) in [7, 11) is 1.77. The van der Waals surface area contributed by atoms with Gasteiger partial charge in [0, 0.05) is 25.6 Å². The highest BCUT2D eigenvalue weighted by Crippen LogP contribution is 2.34. The molecule has 1 fully saturated rings. The molecule has 0 aromatic carbocycles. The highest BCUT2D eigenvalue weighted by Gasteiger charge is 2.40. The first-order valence-corrected chi connectivity index (χ1v) is 5.04. The number of aliphatic hydroxyl groups is 1. The SMILES string of the molecule is CNCC(=O)N1C[C@@H](CO)C(C)(C)C1. The smallest absolute Gasteiger partial charge is 0.236 e. The molecule has 0 aromatic rings. The van der Waals surface area contributed by atoms with Gasteiger partial charge in [-0.25, -0.2) is 0 Å². The molecule has 1 amide bonds. The van der Waals surface area contributed by atoms with E-state index in [1.807, 2.05) is 4.90 Å². The highest BCUT2D eigenvalue weighted by atomic mass is 16.3. The summed E-state index contributed by atoms with van der Waals surface area (Å²) in [5, 5.41) is 12.0. The molecule has 0 saturated carbocycles. The fraction of sp³-hybridized carbons (Fsp3) is 0.900. The number of likely N-dealkylation sites (tertiary alicyclic amines) is 1. The average Bonchev–Trinajstić information content (AvgIpc) is 2.41. The fourth-order valence-electron chi connectivity index (χ4n) is 1.96. The Kier molecular flexibility index (Phi) is 3.50. The van der Waals surface area contributed by atoms with Gasteiger partial charge in [-0.05, 0) is 12.5 Å². The van der Waals surface area contributed by atoms with Gasteiger partial charge < -0.3 is 15.3 Å². The number of nitrogens with zero attached hydrogens (tertiary/aromatic N) is 1. The van der Waals surface area contributed by atoms with Gasteiger partial charge in [-0.3, -0.25) is 4.79 Å². The molecule has 1 aliphatic heterocycles. The molecule has 0 aliphatic carbocycles. The minimum atomic E-state index is 0.0398. The lowest BCUT2D eigenvalue weighted by Crippen LogP contribution is -2.36. The van der Waals surface area contributed by atoms with Crippen LogP contribution in [0.4, 0.5) is 0 Å². The van der Waals surface area contributed by atoms with Crippen molar-refractivity contribution < 1.29 is 9.90 Å². The minimum Gasteiger partial charge on any atom is -0.396 e. The zero-order chi connectivity index (χ0) is 10.8. The van der Waals surface area contributed by atoms with Crippen LogP contribution in [0.25, 0.3) is 0 Å². The Labute approximate surface area is 85.3 Å². The predicted octanol–water partition coefficient (Wildman–Crippen LogP) is -0.317. The van der Waals surface area contributed by atoms with Crippen LogP contribution < -0.4 is 5.32 Å². The largest absolute Gasteiger partial charge is 0.396 e. The summed E-state index contributed by atoms with van der Waals surface area (Å²) in [5.74, 6) is 0.333. The predicted molar refractivity (Wildman–Crippen MR) is 54.9 cm³/mol. The Balaban J connectivity index is 2.57. The first-order chi connectivity index (χ1) is 6.51. The van der Waals surface area contributed by atoms with Gasteiger partial charge in [-0.2, -0.15) is 0 Å². The molecule has 0 aromatic heterocycles. The van der Waals surface area contributed by atoms with E-state index >= 15 is 0 Å². The van der Waals surface area contributed by atoms with Crippen LogP contribution in [-0.4, -0.2) is 49.2 Å². The Morgan fingerprint density at radius 3 is 2.71 bits per heavy atom. The molecule has 1 heterocycles. The van der Waals surface area contributed by atoms with Gasteiger partial charge in [0.2, 0.25) is 5.91 Å². The molecule has 82 valence electrons. The lowest BCUT2D eigenvalue weighted by molar-refractivity contribution is -0.129.